The SMILES string of the molecule is COc1ccc(OC)c([C@@H](C)NC(=O)CCC(=O)c2cc(C)sc2C)c1. The molecule has 0 bridgehead atoms. The zero-order chi connectivity index (χ0) is 19.3. The van der Waals surface area contributed by atoms with Gasteiger partial charge in [-0.05, 0) is 45.0 Å². The number of ketones is 1. The molecule has 6 heteroatoms. The monoisotopic (exact) mass is 375 g/mol. The number of methoxy groups -OCH3 is 2. The maximum Gasteiger partial charge on any atom is 0.220 e. The van der Waals surface area contributed by atoms with Gasteiger partial charge in [0.1, 0.15) is 11.5 Å². The van der Waals surface area contributed by atoms with E-state index in [1.807, 2.05) is 39.0 Å². The second-order valence-electron chi connectivity index (χ2n) is 6.15. The highest BCUT2D eigenvalue weighted by molar-refractivity contribution is 7.12. The zero-order valence-corrected chi connectivity index (χ0v) is 16.7. The van der Waals surface area contributed by atoms with Crippen LogP contribution in [0.1, 0.15) is 51.5 Å². The van der Waals surface area contributed by atoms with E-state index in [1.165, 1.54) is 0 Å². The lowest BCUT2D eigenvalue weighted by atomic mass is 10.0. The van der Waals surface area contributed by atoms with Crippen LogP contribution in [0.4, 0.5) is 0 Å². The Morgan fingerprint density at radius 3 is 2.42 bits per heavy atom. The highest BCUT2D eigenvalue weighted by Crippen LogP contribution is 2.29. The van der Waals surface area contributed by atoms with E-state index in [-0.39, 0.29) is 30.6 Å². The smallest absolute Gasteiger partial charge is 0.220 e. The summed E-state index contributed by atoms with van der Waals surface area (Å²) in [7, 11) is 3.18. The third-order valence-corrected chi connectivity index (χ3v) is 5.17. The molecule has 1 N–H and O–H groups in total. The summed E-state index contributed by atoms with van der Waals surface area (Å²) in [4.78, 5) is 26.7. The number of ether oxygens (including phenoxy) is 2. The molecule has 0 aliphatic carbocycles. The molecule has 0 spiro atoms. The molecule has 1 aromatic carbocycles. The first kappa shape index (κ1) is 20.0. The first-order valence-electron chi connectivity index (χ1n) is 8.47. The van der Waals surface area contributed by atoms with Gasteiger partial charge < -0.3 is 14.8 Å². The minimum absolute atomic E-state index is 0.00798. The van der Waals surface area contributed by atoms with Crippen LogP contribution in [0, 0.1) is 13.8 Å². The van der Waals surface area contributed by atoms with Gasteiger partial charge in [-0.25, -0.2) is 0 Å². The largest absolute Gasteiger partial charge is 0.497 e. The molecule has 140 valence electrons. The van der Waals surface area contributed by atoms with Crippen LogP contribution in [0.2, 0.25) is 0 Å². The van der Waals surface area contributed by atoms with E-state index >= 15 is 0 Å². The van der Waals surface area contributed by atoms with E-state index in [9.17, 15) is 9.59 Å². The summed E-state index contributed by atoms with van der Waals surface area (Å²) < 4.78 is 10.6. The number of amides is 1. The lowest BCUT2D eigenvalue weighted by Crippen LogP contribution is -2.27. The Balaban J connectivity index is 1.97. The average Bonchev–Trinajstić information content (AvgIpc) is 2.97. The maximum atomic E-state index is 12.3. The lowest BCUT2D eigenvalue weighted by molar-refractivity contribution is -0.121. The van der Waals surface area contributed by atoms with Crippen molar-refractivity contribution in [1.82, 2.24) is 5.32 Å². The summed E-state index contributed by atoms with van der Waals surface area (Å²) >= 11 is 1.60. The second kappa shape index (κ2) is 8.85. The highest BCUT2D eigenvalue weighted by Gasteiger charge is 2.17. The molecule has 2 rings (SSSR count). The van der Waals surface area contributed by atoms with Crippen LogP contribution >= 0.6 is 11.3 Å². The van der Waals surface area contributed by atoms with Crippen molar-refractivity contribution in [3.05, 3.63) is 45.1 Å². The number of hydrogen-bond acceptors (Lipinski definition) is 5. The predicted octanol–water partition coefficient (Wildman–Crippen LogP) is 4.22. The Bertz CT molecular complexity index is 797. The van der Waals surface area contributed by atoms with Crippen LogP contribution in [-0.2, 0) is 4.79 Å². The van der Waals surface area contributed by atoms with Crippen LogP contribution in [0.3, 0.4) is 0 Å². The standard InChI is InChI=1S/C20H25NO4S/c1-12-10-17(14(3)26-12)18(22)7-9-20(23)21-13(2)16-11-15(24-4)6-8-19(16)25-5/h6,8,10-11,13H,7,9H2,1-5H3,(H,21,23)/t13-/m1/s1. The van der Waals surface area contributed by atoms with E-state index < -0.39 is 0 Å². The number of benzene rings is 1. The minimum Gasteiger partial charge on any atom is -0.497 e. The number of thiophene rings is 1. The van der Waals surface area contributed by atoms with Gasteiger partial charge in [0, 0.05) is 33.7 Å². The van der Waals surface area contributed by atoms with Crippen molar-refractivity contribution in [3.8, 4) is 11.5 Å². The Labute approximate surface area is 158 Å². The fraction of sp³-hybridized carbons (Fsp3) is 0.400. The molecule has 2 aromatic rings. The molecule has 1 heterocycles. The summed E-state index contributed by atoms with van der Waals surface area (Å²) in [6, 6.07) is 7.09. The quantitative estimate of drug-likeness (QED) is 0.702. The second-order valence-corrected chi connectivity index (χ2v) is 7.61. The summed E-state index contributed by atoms with van der Waals surface area (Å²) in [5, 5.41) is 2.92. The first-order chi connectivity index (χ1) is 12.3. The Hall–Kier alpha value is -2.34. The van der Waals surface area contributed by atoms with Gasteiger partial charge in [0.05, 0.1) is 20.3 Å². The fourth-order valence-electron chi connectivity index (χ4n) is 2.84. The van der Waals surface area contributed by atoms with Crippen LogP contribution in [0.5, 0.6) is 11.5 Å². The van der Waals surface area contributed by atoms with Crippen LogP contribution < -0.4 is 14.8 Å². The van der Waals surface area contributed by atoms with Crippen molar-refractivity contribution in [2.75, 3.05) is 14.2 Å². The van der Waals surface area contributed by atoms with Gasteiger partial charge in [-0.3, -0.25) is 9.59 Å². The molecule has 0 aliphatic heterocycles. The Kier molecular flexibility index (Phi) is 6.80. The van der Waals surface area contributed by atoms with Crippen LogP contribution in [0.15, 0.2) is 24.3 Å². The molecule has 0 fully saturated rings. The normalized spacial score (nSPS) is 11.7. The first-order valence-corrected chi connectivity index (χ1v) is 9.28. The molecular formula is C20H25NO4S. The van der Waals surface area contributed by atoms with Crippen LogP contribution in [-0.4, -0.2) is 25.9 Å². The number of carbonyl (C=O) groups is 2. The molecular weight excluding hydrogens is 350 g/mol. The third-order valence-electron chi connectivity index (χ3n) is 4.20. The van der Waals surface area contributed by atoms with Crippen molar-refractivity contribution in [2.24, 2.45) is 0 Å². The minimum atomic E-state index is -0.257. The van der Waals surface area contributed by atoms with E-state index in [0.29, 0.717) is 11.5 Å². The summed E-state index contributed by atoms with van der Waals surface area (Å²) in [5.74, 6) is 1.22. The van der Waals surface area contributed by atoms with Gasteiger partial charge in [0.15, 0.2) is 5.78 Å². The molecule has 0 radical (unpaired) electrons. The topological polar surface area (TPSA) is 64.6 Å². The number of carbonyl (C=O) groups excluding carboxylic acids is 2. The maximum absolute atomic E-state index is 12.3. The summed E-state index contributed by atoms with van der Waals surface area (Å²) in [5.41, 5.74) is 1.55. The molecule has 0 unspecified atom stereocenters. The molecule has 5 nitrogen and oxygen atoms in total. The summed E-state index contributed by atoms with van der Waals surface area (Å²) in [6.07, 6.45) is 0.356. The molecule has 0 saturated carbocycles. The molecule has 26 heavy (non-hydrogen) atoms. The number of Topliss-reactive ketones (excluding diaryl/α,β-unsaturated/α-hetero) is 1. The van der Waals surface area contributed by atoms with E-state index in [0.717, 1.165) is 20.9 Å². The Morgan fingerprint density at radius 1 is 1.12 bits per heavy atom. The summed E-state index contributed by atoms with van der Waals surface area (Å²) in [6.45, 7) is 5.79. The number of hydrogen-bond donors (Lipinski definition) is 1. The van der Waals surface area contributed by atoms with Gasteiger partial charge in [0.2, 0.25) is 5.91 Å². The van der Waals surface area contributed by atoms with Crippen molar-refractivity contribution in [3.63, 3.8) is 0 Å². The molecule has 0 saturated heterocycles. The molecule has 1 aromatic heterocycles. The van der Waals surface area contributed by atoms with Crippen molar-refractivity contribution in [2.45, 2.75) is 39.7 Å². The molecule has 0 aliphatic rings. The van der Waals surface area contributed by atoms with Crippen molar-refractivity contribution < 1.29 is 19.1 Å². The van der Waals surface area contributed by atoms with Gasteiger partial charge in [0.25, 0.3) is 0 Å². The van der Waals surface area contributed by atoms with E-state index in [4.69, 9.17) is 9.47 Å². The highest BCUT2D eigenvalue weighted by atomic mass is 32.1. The van der Waals surface area contributed by atoms with Crippen molar-refractivity contribution in [1.29, 1.82) is 0 Å². The van der Waals surface area contributed by atoms with Gasteiger partial charge in [-0.2, -0.15) is 0 Å². The Morgan fingerprint density at radius 2 is 1.85 bits per heavy atom. The number of rotatable bonds is 8. The van der Waals surface area contributed by atoms with Gasteiger partial charge in [-0.1, -0.05) is 0 Å². The average molecular weight is 375 g/mol. The third kappa shape index (κ3) is 4.85. The molecule has 1 amide bonds. The number of aryl methyl sites for hydroxylation is 2. The van der Waals surface area contributed by atoms with Crippen molar-refractivity contribution >= 4 is 23.0 Å². The fourth-order valence-corrected chi connectivity index (χ4v) is 3.78. The number of nitrogens with one attached hydrogen (secondary N) is 1. The molecule has 1 atom stereocenters. The predicted molar refractivity (Wildman–Crippen MR) is 103 cm³/mol. The van der Waals surface area contributed by atoms with Gasteiger partial charge in [-0.15, -0.1) is 11.3 Å². The zero-order valence-electron chi connectivity index (χ0n) is 15.8. The van der Waals surface area contributed by atoms with Gasteiger partial charge >= 0.3 is 0 Å². The van der Waals surface area contributed by atoms with E-state index in [2.05, 4.69) is 5.32 Å². The van der Waals surface area contributed by atoms with Crippen LogP contribution in [0.25, 0.3) is 0 Å². The lowest BCUT2D eigenvalue weighted by Gasteiger charge is -2.18. The van der Waals surface area contributed by atoms with E-state index in [1.54, 1.807) is 31.6 Å².